The van der Waals surface area contributed by atoms with Crippen molar-refractivity contribution in [3.8, 4) is 0 Å². The lowest BCUT2D eigenvalue weighted by atomic mass is 10.3. The Kier molecular flexibility index (Phi) is 3.68. The highest BCUT2D eigenvalue weighted by molar-refractivity contribution is 5.96. The van der Waals surface area contributed by atoms with E-state index < -0.39 is 22.9 Å². The first-order valence-electron chi connectivity index (χ1n) is 3.03. The van der Waals surface area contributed by atoms with E-state index >= 15 is 0 Å². The van der Waals surface area contributed by atoms with E-state index in [1.165, 1.54) is 6.92 Å². The molecule has 0 saturated carbocycles. The third-order valence-corrected chi connectivity index (χ3v) is 0.955. The Morgan fingerprint density at radius 3 is 2.42 bits per heavy atom. The second kappa shape index (κ2) is 4.27. The molecule has 0 aliphatic rings. The van der Waals surface area contributed by atoms with E-state index in [1.54, 1.807) is 0 Å². The Bertz CT molecular complexity index is 198. The monoisotopic (exact) mass is 177 g/mol. The van der Waals surface area contributed by atoms with E-state index in [9.17, 15) is 19.7 Å². The number of hydrogen-bond donors (Lipinski definition) is 1. The minimum Gasteiger partial charge on any atom is -0.476 e. The summed E-state index contributed by atoms with van der Waals surface area (Å²) in [6.07, 6.45) is 0. The SMILES string of the molecule is CCOC(=O)C(C(=O)O)[N+](=O)[O-]. The first-order chi connectivity index (χ1) is 5.50. The fourth-order valence-electron chi connectivity index (χ4n) is 0.498. The van der Waals surface area contributed by atoms with Gasteiger partial charge in [-0.25, -0.2) is 9.59 Å². The first-order valence-corrected chi connectivity index (χ1v) is 3.03. The highest BCUT2D eigenvalue weighted by atomic mass is 16.6. The average Bonchev–Trinajstić information content (AvgIpc) is 1.85. The number of nitro groups is 1. The number of carbonyl (C=O) groups excluding carboxylic acids is 1. The second-order valence-corrected chi connectivity index (χ2v) is 1.78. The summed E-state index contributed by atoms with van der Waals surface area (Å²) < 4.78 is 4.17. The molecule has 0 aromatic rings. The predicted octanol–water partition coefficient (Wildman–Crippen LogP) is -0.721. The van der Waals surface area contributed by atoms with Gasteiger partial charge in [0.05, 0.1) is 6.61 Å². The molecule has 0 saturated heterocycles. The van der Waals surface area contributed by atoms with Gasteiger partial charge in [-0.15, -0.1) is 0 Å². The van der Waals surface area contributed by atoms with Crippen LogP contribution in [0.2, 0.25) is 0 Å². The topological polar surface area (TPSA) is 107 Å². The minimum absolute atomic E-state index is 0.0869. The van der Waals surface area contributed by atoms with Crippen molar-refractivity contribution in [1.29, 1.82) is 0 Å². The molecule has 7 nitrogen and oxygen atoms in total. The van der Waals surface area contributed by atoms with Crippen LogP contribution < -0.4 is 0 Å². The van der Waals surface area contributed by atoms with Crippen molar-refractivity contribution >= 4 is 11.9 Å². The molecule has 1 atom stereocenters. The number of nitrogens with zero attached hydrogens (tertiary/aromatic N) is 1. The van der Waals surface area contributed by atoms with Gasteiger partial charge < -0.3 is 9.84 Å². The van der Waals surface area contributed by atoms with Crippen LogP contribution in [0.25, 0.3) is 0 Å². The van der Waals surface area contributed by atoms with E-state index in [-0.39, 0.29) is 6.61 Å². The van der Waals surface area contributed by atoms with E-state index in [1.807, 2.05) is 0 Å². The maximum absolute atomic E-state index is 10.6. The quantitative estimate of drug-likeness (QED) is 0.263. The minimum atomic E-state index is -2.31. The average molecular weight is 177 g/mol. The Labute approximate surface area is 67.1 Å². The number of carbonyl (C=O) groups is 2. The van der Waals surface area contributed by atoms with Gasteiger partial charge in [0.1, 0.15) is 0 Å². The van der Waals surface area contributed by atoms with E-state index in [2.05, 4.69) is 4.74 Å². The lowest BCUT2D eigenvalue weighted by Crippen LogP contribution is -2.38. The summed E-state index contributed by atoms with van der Waals surface area (Å²) in [7, 11) is 0. The summed E-state index contributed by atoms with van der Waals surface area (Å²) >= 11 is 0. The van der Waals surface area contributed by atoms with Crippen molar-refractivity contribution in [1.82, 2.24) is 0 Å². The van der Waals surface area contributed by atoms with Crippen molar-refractivity contribution in [3.05, 3.63) is 10.1 Å². The second-order valence-electron chi connectivity index (χ2n) is 1.78. The van der Waals surface area contributed by atoms with Gasteiger partial charge in [0.15, 0.2) is 0 Å². The molecule has 0 aromatic heterocycles. The molecular weight excluding hydrogens is 170 g/mol. The zero-order valence-electron chi connectivity index (χ0n) is 6.22. The van der Waals surface area contributed by atoms with Crippen LogP contribution in [0.15, 0.2) is 0 Å². The van der Waals surface area contributed by atoms with Gasteiger partial charge in [-0.3, -0.25) is 10.1 Å². The third-order valence-electron chi connectivity index (χ3n) is 0.955. The van der Waals surface area contributed by atoms with Crippen LogP contribution in [0.1, 0.15) is 6.92 Å². The smallest absolute Gasteiger partial charge is 0.401 e. The number of ether oxygens (including phenoxy) is 1. The molecule has 0 heterocycles. The van der Waals surface area contributed by atoms with E-state index in [0.29, 0.717) is 0 Å². The van der Waals surface area contributed by atoms with Crippen LogP contribution >= 0.6 is 0 Å². The number of carboxylic acids is 1. The van der Waals surface area contributed by atoms with Gasteiger partial charge >= 0.3 is 18.0 Å². The van der Waals surface area contributed by atoms with Gasteiger partial charge in [0, 0.05) is 4.92 Å². The summed E-state index contributed by atoms with van der Waals surface area (Å²) in [5, 5.41) is 18.2. The van der Waals surface area contributed by atoms with Crippen molar-refractivity contribution < 1.29 is 24.4 Å². The zero-order chi connectivity index (χ0) is 9.72. The standard InChI is InChI=1S/C5H7NO6/c1-2-12-5(9)3(4(7)8)6(10)11/h3H,2H2,1H3,(H,7,8). The van der Waals surface area contributed by atoms with Gasteiger partial charge in [0.25, 0.3) is 0 Å². The molecule has 1 N–H and O–H groups in total. The fraction of sp³-hybridized carbons (Fsp3) is 0.600. The summed E-state index contributed by atoms with van der Waals surface area (Å²) in [5.41, 5.74) is 0. The molecule has 0 rings (SSSR count). The van der Waals surface area contributed by atoms with Crippen LogP contribution in [0, 0.1) is 10.1 Å². The number of esters is 1. The van der Waals surface area contributed by atoms with Gasteiger partial charge in [-0.2, -0.15) is 0 Å². The summed E-state index contributed by atoms with van der Waals surface area (Å²) in [6, 6.07) is -2.31. The Morgan fingerprint density at radius 1 is 1.67 bits per heavy atom. The molecule has 12 heavy (non-hydrogen) atoms. The Hall–Kier alpha value is -1.66. The number of rotatable bonds is 4. The largest absolute Gasteiger partial charge is 0.476 e. The van der Waals surface area contributed by atoms with Gasteiger partial charge in [-0.1, -0.05) is 0 Å². The lowest BCUT2D eigenvalue weighted by Gasteiger charge is -2.02. The lowest BCUT2D eigenvalue weighted by molar-refractivity contribution is -0.499. The Morgan fingerprint density at radius 2 is 2.17 bits per heavy atom. The van der Waals surface area contributed by atoms with E-state index in [4.69, 9.17) is 5.11 Å². The van der Waals surface area contributed by atoms with Crippen LogP contribution in [0.4, 0.5) is 0 Å². The predicted molar refractivity (Wildman–Crippen MR) is 35.1 cm³/mol. The molecule has 0 radical (unpaired) electrons. The molecule has 0 fully saturated rings. The molecule has 0 aliphatic heterocycles. The summed E-state index contributed by atoms with van der Waals surface area (Å²) in [5.74, 6) is -3.17. The maximum Gasteiger partial charge on any atom is 0.401 e. The van der Waals surface area contributed by atoms with Gasteiger partial charge in [0.2, 0.25) is 0 Å². The highest BCUT2D eigenvalue weighted by Gasteiger charge is 2.39. The number of aliphatic carboxylic acids is 1. The van der Waals surface area contributed by atoms with Crippen LogP contribution in [0.5, 0.6) is 0 Å². The maximum atomic E-state index is 10.6. The molecule has 0 bridgehead atoms. The molecule has 0 aromatic carbocycles. The molecule has 1 unspecified atom stereocenters. The first kappa shape index (κ1) is 10.3. The molecule has 68 valence electrons. The normalized spacial score (nSPS) is 11.8. The molecule has 0 amide bonds. The molecule has 7 heteroatoms. The summed E-state index contributed by atoms with van der Waals surface area (Å²) in [4.78, 5) is 29.5. The third kappa shape index (κ3) is 2.52. The van der Waals surface area contributed by atoms with Crippen molar-refractivity contribution in [3.63, 3.8) is 0 Å². The molecule has 0 aliphatic carbocycles. The van der Waals surface area contributed by atoms with Crippen molar-refractivity contribution in [2.45, 2.75) is 13.0 Å². The summed E-state index contributed by atoms with van der Waals surface area (Å²) in [6.45, 7) is 1.34. The number of carboxylic acid groups (broad SMARTS) is 1. The van der Waals surface area contributed by atoms with Crippen molar-refractivity contribution in [2.75, 3.05) is 6.61 Å². The zero-order valence-corrected chi connectivity index (χ0v) is 6.22. The van der Waals surface area contributed by atoms with Crippen molar-refractivity contribution in [2.24, 2.45) is 0 Å². The van der Waals surface area contributed by atoms with Crippen LogP contribution in [-0.2, 0) is 14.3 Å². The molecule has 0 spiro atoms. The fourth-order valence-corrected chi connectivity index (χ4v) is 0.498. The van der Waals surface area contributed by atoms with E-state index in [0.717, 1.165) is 0 Å². The van der Waals surface area contributed by atoms with Crippen LogP contribution in [0.3, 0.4) is 0 Å². The number of hydrogen-bond acceptors (Lipinski definition) is 5. The Balaban J connectivity index is 4.41. The van der Waals surface area contributed by atoms with Crippen LogP contribution in [-0.4, -0.2) is 34.6 Å². The van der Waals surface area contributed by atoms with Gasteiger partial charge in [-0.05, 0) is 6.92 Å². The molecular formula is C5H7NO6. The highest BCUT2D eigenvalue weighted by Crippen LogP contribution is 1.94.